The lowest BCUT2D eigenvalue weighted by atomic mass is 9.84. The van der Waals surface area contributed by atoms with Crippen molar-refractivity contribution in [2.75, 3.05) is 0 Å². The van der Waals surface area contributed by atoms with Crippen molar-refractivity contribution in [2.45, 2.75) is 25.5 Å². The predicted molar refractivity (Wildman–Crippen MR) is 123 cm³/mol. The van der Waals surface area contributed by atoms with Crippen LogP contribution in [0.3, 0.4) is 0 Å². The minimum absolute atomic E-state index is 0.00810. The van der Waals surface area contributed by atoms with Gasteiger partial charge in [-0.3, -0.25) is 4.79 Å². The molecule has 0 spiro atoms. The zero-order valence-corrected chi connectivity index (χ0v) is 18.4. The summed E-state index contributed by atoms with van der Waals surface area (Å²) in [5, 5.41) is 15.7. The van der Waals surface area contributed by atoms with Crippen molar-refractivity contribution in [2.24, 2.45) is 7.05 Å². The average Bonchev–Trinajstić information content (AvgIpc) is 3.09. The third-order valence-corrected chi connectivity index (χ3v) is 5.56. The van der Waals surface area contributed by atoms with Gasteiger partial charge in [-0.15, -0.1) is 0 Å². The van der Waals surface area contributed by atoms with Crippen LogP contribution in [0.1, 0.15) is 41.2 Å². The topological polar surface area (TPSA) is 67.2 Å². The minimum atomic E-state index is -1.57. The van der Waals surface area contributed by atoms with E-state index in [1.165, 1.54) is 0 Å². The lowest BCUT2D eigenvalue weighted by Gasteiger charge is -2.29. The van der Waals surface area contributed by atoms with E-state index in [-0.39, 0.29) is 11.9 Å². The molecule has 0 saturated carbocycles. The number of rotatable bonds is 5. The van der Waals surface area contributed by atoms with Crippen LogP contribution in [-0.2, 0) is 12.6 Å². The Kier molecular flexibility index (Phi) is 5.56. The van der Waals surface area contributed by atoms with Crippen LogP contribution in [0.2, 0.25) is 5.02 Å². The number of aromatic nitrogens is 2. The lowest BCUT2D eigenvalue weighted by molar-refractivity contribution is 0.0941. The van der Waals surface area contributed by atoms with Crippen LogP contribution in [0.4, 0.5) is 0 Å². The van der Waals surface area contributed by atoms with Gasteiger partial charge in [0.25, 0.3) is 5.91 Å². The molecule has 0 fully saturated rings. The molecule has 0 radical (unpaired) electrons. The zero-order valence-electron chi connectivity index (χ0n) is 17.6. The molecule has 1 amide bonds. The fourth-order valence-electron chi connectivity index (χ4n) is 3.82. The normalized spacial score (nSPS) is 13.4. The Labute approximate surface area is 186 Å². The summed E-state index contributed by atoms with van der Waals surface area (Å²) < 4.78 is 1.84. The number of carbonyl (C=O) groups excluding carboxylic acids is 1. The molecule has 1 unspecified atom stereocenters. The molecular weight excluding hydrogens is 410 g/mol. The molecule has 2 N–H and O–H groups in total. The standard InChI is InChI=1S/C25H24ClN3O2/c1-16(2)27-23(30)17-8-7-11-19(14-17)25(31,18-9-5-4-6-10-18)24-28-21-13-12-20(26)15-22(21)29(24)3/h4-16,31H,1-3H3,(H,27,30). The van der Waals surface area contributed by atoms with Gasteiger partial charge in [0.2, 0.25) is 0 Å². The number of fused-ring (bicyclic) bond motifs is 1. The molecule has 1 atom stereocenters. The van der Waals surface area contributed by atoms with Crippen LogP contribution in [0.25, 0.3) is 11.0 Å². The Morgan fingerprint density at radius 2 is 1.74 bits per heavy atom. The predicted octanol–water partition coefficient (Wildman–Crippen LogP) is 4.65. The van der Waals surface area contributed by atoms with Crippen LogP contribution < -0.4 is 5.32 Å². The number of hydrogen-bond donors (Lipinski definition) is 2. The highest BCUT2D eigenvalue weighted by atomic mass is 35.5. The highest BCUT2D eigenvalue weighted by Gasteiger charge is 2.38. The number of aliphatic hydroxyl groups is 1. The molecule has 1 aromatic heterocycles. The summed E-state index contributed by atoms with van der Waals surface area (Å²) in [6, 6.07) is 21.8. The van der Waals surface area contributed by atoms with Gasteiger partial charge in [-0.1, -0.05) is 54.1 Å². The van der Waals surface area contributed by atoms with Crippen molar-refractivity contribution in [1.82, 2.24) is 14.9 Å². The number of nitrogens with zero attached hydrogens (tertiary/aromatic N) is 2. The largest absolute Gasteiger partial charge is 0.373 e. The third-order valence-electron chi connectivity index (χ3n) is 5.32. The van der Waals surface area contributed by atoms with Crippen LogP contribution in [-0.4, -0.2) is 26.6 Å². The summed E-state index contributed by atoms with van der Waals surface area (Å²) in [5.74, 6) is 0.251. The first-order chi connectivity index (χ1) is 14.8. The van der Waals surface area contributed by atoms with Crippen molar-refractivity contribution >= 4 is 28.5 Å². The Morgan fingerprint density at radius 1 is 1.03 bits per heavy atom. The Hall–Kier alpha value is -3.15. The van der Waals surface area contributed by atoms with Gasteiger partial charge < -0.3 is 15.0 Å². The van der Waals surface area contributed by atoms with Crippen LogP contribution in [0.15, 0.2) is 72.8 Å². The summed E-state index contributed by atoms with van der Waals surface area (Å²) in [6.45, 7) is 3.82. The quantitative estimate of drug-likeness (QED) is 0.481. The summed E-state index contributed by atoms with van der Waals surface area (Å²) in [5.41, 5.74) is 1.65. The molecule has 31 heavy (non-hydrogen) atoms. The Bertz CT molecular complexity index is 1250. The van der Waals surface area contributed by atoms with E-state index in [0.717, 1.165) is 11.0 Å². The summed E-state index contributed by atoms with van der Waals surface area (Å²) in [6.07, 6.45) is 0. The van der Waals surface area contributed by atoms with E-state index in [0.29, 0.717) is 27.5 Å². The van der Waals surface area contributed by atoms with Gasteiger partial charge in [0.1, 0.15) is 0 Å². The van der Waals surface area contributed by atoms with Crippen molar-refractivity contribution in [3.05, 3.63) is 100 Å². The van der Waals surface area contributed by atoms with E-state index in [1.807, 2.05) is 74.0 Å². The van der Waals surface area contributed by atoms with Gasteiger partial charge in [0.05, 0.1) is 11.0 Å². The third kappa shape index (κ3) is 3.82. The van der Waals surface area contributed by atoms with Gasteiger partial charge in [0.15, 0.2) is 11.4 Å². The molecule has 3 aromatic carbocycles. The minimum Gasteiger partial charge on any atom is -0.373 e. The summed E-state index contributed by atoms with van der Waals surface area (Å²) in [7, 11) is 1.85. The van der Waals surface area contributed by atoms with Crippen LogP contribution in [0, 0.1) is 0 Å². The zero-order chi connectivity index (χ0) is 22.2. The molecule has 0 bridgehead atoms. The summed E-state index contributed by atoms with van der Waals surface area (Å²) >= 11 is 6.20. The van der Waals surface area contributed by atoms with Gasteiger partial charge in [-0.25, -0.2) is 4.98 Å². The number of hydrogen-bond acceptors (Lipinski definition) is 3. The maximum atomic E-state index is 12.6. The van der Waals surface area contributed by atoms with Gasteiger partial charge in [0, 0.05) is 23.7 Å². The second-order valence-electron chi connectivity index (χ2n) is 7.91. The molecule has 0 saturated heterocycles. The number of benzene rings is 3. The molecule has 4 aromatic rings. The van der Waals surface area contributed by atoms with E-state index < -0.39 is 5.60 Å². The monoisotopic (exact) mass is 433 g/mol. The van der Waals surface area contributed by atoms with E-state index in [9.17, 15) is 9.90 Å². The highest BCUT2D eigenvalue weighted by molar-refractivity contribution is 6.31. The molecule has 6 heteroatoms. The smallest absolute Gasteiger partial charge is 0.251 e. The maximum Gasteiger partial charge on any atom is 0.251 e. The van der Waals surface area contributed by atoms with Gasteiger partial charge in [-0.05, 0) is 55.3 Å². The van der Waals surface area contributed by atoms with Crippen molar-refractivity contribution in [3.63, 3.8) is 0 Å². The number of nitrogens with one attached hydrogen (secondary N) is 1. The molecule has 5 nitrogen and oxygen atoms in total. The lowest BCUT2D eigenvalue weighted by Crippen LogP contribution is -2.33. The number of halogens is 1. The summed E-state index contributed by atoms with van der Waals surface area (Å²) in [4.78, 5) is 17.4. The first kappa shape index (κ1) is 21.1. The highest BCUT2D eigenvalue weighted by Crippen LogP contribution is 2.38. The molecular formula is C25H24ClN3O2. The SMILES string of the molecule is CC(C)NC(=O)c1cccc(C(O)(c2ccccc2)c2nc3ccc(Cl)cc3n2C)c1. The molecule has 158 valence electrons. The van der Waals surface area contributed by atoms with E-state index in [4.69, 9.17) is 16.6 Å². The molecule has 0 aliphatic heterocycles. The Balaban J connectivity index is 1.95. The number of aryl methyl sites for hydroxylation is 1. The molecule has 4 rings (SSSR count). The maximum absolute atomic E-state index is 12.6. The first-order valence-corrected chi connectivity index (χ1v) is 10.5. The Morgan fingerprint density at radius 3 is 2.45 bits per heavy atom. The van der Waals surface area contributed by atoms with E-state index in [1.54, 1.807) is 24.3 Å². The van der Waals surface area contributed by atoms with E-state index >= 15 is 0 Å². The van der Waals surface area contributed by atoms with Gasteiger partial charge in [-0.2, -0.15) is 0 Å². The molecule has 0 aliphatic rings. The van der Waals surface area contributed by atoms with Crippen LogP contribution >= 0.6 is 11.6 Å². The van der Waals surface area contributed by atoms with Crippen LogP contribution in [0.5, 0.6) is 0 Å². The van der Waals surface area contributed by atoms with E-state index in [2.05, 4.69) is 5.32 Å². The first-order valence-electron chi connectivity index (χ1n) is 10.1. The number of carbonyl (C=O) groups is 1. The molecule has 0 aliphatic carbocycles. The molecule has 1 heterocycles. The number of imidazole rings is 1. The van der Waals surface area contributed by atoms with Crippen molar-refractivity contribution in [1.29, 1.82) is 0 Å². The second kappa shape index (κ2) is 8.17. The average molecular weight is 434 g/mol. The fourth-order valence-corrected chi connectivity index (χ4v) is 3.99. The number of amides is 1. The van der Waals surface area contributed by atoms with Gasteiger partial charge >= 0.3 is 0 Å². The van der Waals surface area contributed by atoms with Crippen molar-refractivity contribution < 1.29 is 9.90 Å². The fraction of sp³-hybridized carbons (Fsp3) is 0.200. The second-order valence-corrected chi connectivity index (χ2v) is 8.35. The van der Waals surface area contributed by atoms with Crippen molar-refractivity contribution in [3.8, 4) is 0 Å².